The molecule has 0 radical (unpaired) electrons. The van der Waals surface area contributed by atoms with Gasteiger partial charge in [0.15, 0.2) is 0 Å². The minimum Gasteiger partial charge on any atom is -0.334 e. The topological polar surface area (TPSA) is 32.3 Å². The highest BCUT2D eigenvalue weighted by molar-refractivity contribution is 8.00. The Labute approximate surface area is 154 Å². The predicted octanol–water partition coefficient (Wildman–Crippen LogP) is 4.14. The third-order valence-electron chi connectivity index (χ3n) is 5.55. The third kappa shape index (κ3) is 4.17. The van der Waals surface area contributed by atoms with Crippen LogP contribution < -0.4 is 5.32 Å². The summed E-state index contributed by atoms with van der Waals surface area (Å²) in [4.78, 5) is 15.4. The molecule has 2 atom stereocenters. The molecule has 1 amide bonds. The Balaban J connectivity index is 1.67. The monoisotopic (exact) mass is 366 g/mol. The Bertz CT molecular complexity index is 525. The summed E-state index contributed by atoms with van der Waals surface area (Å²) < 4.78 is 0. The molecule has 1 aromatic rings. The molecule has 1 N–H and O–H groups in total. The molecular formula is C19H30N2OS2. The van der Waals surface area contributed by atoms with Crippen LogP contribution in [0, 0.1) is 5.41 Å². The second-order valence-corrected chi connectivity index (χ2v) is 9.53. The van der Waals surface area contributed by atoms with Gasteiger partial charge in [0.25, 0.3) is 0 Å². The highest BCUT2D eigenvalue weighted by Gasteiger charge is 2.57. The summed E-state index contributed by atoms with van der Waals surface area (Å²) in [6.45, 7) is 7.32. The van der Waals surface area contributed by atoms with E-state index in [1.165, 1.54) is 37.7 Å². The molecule has 3 nitrogen and oxygen atoms in total. The molecule has 0 bridgehead atoms. The van der Waals surface area contributed by atoms with E-state index in [0.717, 1.165) is 25.4 Å². The van der Waals surface area contributed by atoms with Crippen molar-refractivity contribution in [3.63, 3.8) is 0 Å². The molecule has 1 aliphatic heterocycles. The SMILES string of the molecule is CCCCSC(C)C(=O)N(Cc1ccsc1)C1CC12CCNCC2. The number of thiophene rings is 1. The van der Waals surface area contributed by atoms with Crippen LogP contribution in [0.15, 0.2) is 16.8 Å². The van der Waals surface area contributed by atoms with Crippen LogP contribution in [-0.4, -0.2) is 40.9 Å². The number of hydrogen-bond donors (Lipinski definition) is 1. The summed E-state index contributed by atoms with van der Waals surface area (Å²) in [6, 6.07) is 2.62. The van der Waals surface area contributed by atoms with Crippen molar-refractivity contribution in [2.75, 3.05) is 18.8 Å². The first kappa shape index (κ1) is 18.3. The number of nitrogens with one attached hydrogen (secondary N) is 1. The van der Waals surface area contributed by atoms with E-state index in [1.54, 1.807) is 11.3 Å². The van der Waals surface area contributed by atoms with Gasteiger partial charge >= 0.3 is 0 Å². The standard InChI is InChI=1S/C19H30N2OS2/c1-3-4-10-24-15(2)18(22)21(13-16-5-11-23-14-16)17-12-19(17)6-8-20-9-7-19/h5,11,14-15,17,20H,3-4,6-10,12-13H2,1-2H3. The number of rotatable bonds is 8. The van der Waals surface area contributed by atoms with Gasteiger partial charge in [-0.2, -0.15) is 11.3 Å². The van der Waals surface area contributed by atoms with Crippen molar-refractivity contribution < 1.29 is 4.79 Å². The lowest BCUT2D eigenvalue weighted by Crippen LogP contribution is -2.42. The van der Waals surface area contributed by atoms with Crippen molar-refractivity contribution in [2.24, 2.45) is 5.41 Å². The van der Waals surface area contributed by atoms with E-state index < -0.39 is 0 Å². The average Bonchev–Trinajstić information content (AvgIpc) is 3.03. The van der Waals surface area contributed by atoms with Gasteiger partial charge < -0.3 is 10.2 Å². The lowest BCUT2D eigenvalue weighted by Gasteiger charge is -2.31. The van der Waals surface area contributed by atoms with E-state index in [1.807, 2.05) is 11.8 Å². The summed E-state index contributed by atoms with van der Waals surface area (Å²) in [5.74, 6) is 1.44. The molecule has 2 fully saturated rings. The van der Waals surface area contributed by atoms with E-state index in [9.17, 15) is 4.79 Å². The molecule has 1 spiro atoms. The maximum Gasteiger partial charge on any atom is 0.235 e. The molecule has 24 heavy (non-hydrogen) atoms. The molecule has 1 aliphatic carbocycles. The minimum atomic E-state index is 0.0783. The van der Waals surface area contributed by atoms with Crippen LogP contribution in [0.4, 0.5) is 0 Å². The zero-order chi connectivity index (χ0) is 17.0. The Hall–Kier alpha value is -0.520. The molecule has 2 aliphatic rings. The summed E-state index contributed by atoms with van der Waals surface area (Å²) in [7, 11) is 0. The lowest BCUT2D eigenvalue weighted by molar-refractivity contribution is -0.132. The van der Waals surface area contributed by atoms with E-state index in [2.05, 4.69) is 40.9 Å². The normalized spacial score (nSPS) is 23.2. The fourth-order valence-corrected chi connectivity index (χ4v) is 5.61. The quantitative estimate of drug-likeness (QED) is 0.702. The van der Waals surface area contributed by atoms with Crippen molar-refractivity contribution >= 4 is 29.0 Å². The first-order valence-electron chi connectivity index (χ1n) is 9.30. The van der Waals surface area contributed by atoms with Gasteiger partial charge in [-0.3, -0.25) is 4.79 Å². The van der Waals surface area contributed by atoms with Crippen molar-refractivity contribution in [1.82, 2.24) is 10.2 Å². The van der Waals surface area contributed by atoms with Crippen LogP contribution in [0.5, 0.6) is 0 Å². The third-order valence-corrected chi connectivity index (χ3v) is 7.51. The van der Waals surface area contributed by atoms with Crippen LogP contribution in [0.1, 0.15) is 51.5 Å². The molecule has 2 heterocycles. The number of piperidine rings is 1. The van der Waals surface area contributed by atoms with E-state index in [4.69, 9.17) is 0 Å². The number of hydrogen-bond acceptors (Lipinski definition) is 4. The second-order valence-electron chi connectivity index (χ2n) is 7.30. The molecule has 3 rings (SSSR count). The van der Waals surface area contributed by atoms with Gasteiger partial charge in [0.1, 0.15) is 0 Å². The van der Waals surface area contributed by atoms with Gasteiger partial charge in [-0.1, -0.05) is 13.3 Å². The second kappa shape index (κ2) is 8.24. The largest absolute Gasteiger partial charge is 0.334 e. The van der Waals surface area contributed by atoms with E-state index in [-0.39, 0.29) is 5.25 Å². The van der Waals surface area contributed by atoms with Crippen LogP contribution in [0.2, 0.25) is 0 Å². The minimum absolute atomic E-state index is 0.0783. The first-order valence-corrected chi connectivity index (χ1v) is 11.3. The molecule has 134 valence electrons. The molecule has 1 aromatic heterocycles. The van der Waals surface area contributed by atoms with Crippen molar-refractivity contribution in [2.45, 2.75) is 63.8 Å². The zero-order valence-corrected chi connectivity index (χ0v) is 16.6. The van der Waals surface area contributed by atoms with Gasteiger partial charge in [0.05, 0.1) is 5.25 Å². The Kier molecular flexibility index (Phi) is 6.27. The maximum atomic E-state index is 13.2. The predicted molar refractivity (Wildman–Crippen MR) is 105 cm³/mol. The number of nitrogens with zero attached hydrogens (tertiary/aromatic N) is 1. The van der Waals surface area contributed by atoms with Crippen LogP contribution in [0.3, 0.4) is 0 Å². The van der Waals surface area contributed by atoms with Crippen LogP contribution in [-0.2, 0) is 11.3 Å². The summed E-state index contributed by atoms with van der Waals surface area (Å²) in [6.07, 6.45) is 6.05. The number of carbonyl (C=O) groups is 1. The van der Waals surface area contributed by atoms with Gasteiger partial charge in [-0.05, 0) is 79.3 Å². The van der Waals surface area contributed by atoms with Gasteiger partial charge in [-0.15, -0.1) is 11.8 Å². The Morgan fingerprint density at radius 3 is 2.96 bits per heavy atom. The molecule has 1 saturated carbocycles. The van der Waals surface area contributed by atoms with Crippen LogP contribution >= 0.6 is 23.1 Å². The number of unbranched alkanes of at least 4 members (excludes halogenated alkanes) is 1. The molecule has 2 unspecified atom stereocenters. The van der Waals surface area contributed by atoms with Crippen LogP contribution in [0.25, 0.3) is 0 Å². The molecule has 5 heteroatoms. The summed E-state index contributed by atoms with van der Waals surface area (Å²) >= 11 is 3.55. The Morgan fingerprint density at radius 2 is 2.29 bits per heavy atom. The number of amides is 1. The fraction of sp³-hybridized carbons (Fsp3) is 0.737. The Morgan fingerprint density at radius 1 is 1.50 bits per heavy atom. The molecule has 0 aromatic carbocycles. The first-order chi connectivity index (χ1) is 11.7. The van der Waals surface area contributed by atoms with Crippen molar-refractivity contribution in [3.05, 3.63) is 22.4 Å². The highest BCUT2D eigenvalue weighted by Crippen LogP contribution is 2.56. The number of carbonyl (C=O) groups excluding carboxylic acids is 1. The molecular weight excluding hydrogens is 336 g/mol. The molecule has 1 saturated heterocycles. The average molecular weight is 367 g/mol. The van der Waals surface area contributed by atoms with E-state index >= 15 is 0 Å². The van der Waals surface area contributed by atoms with Gasteiger partial charge in [0, 0.05) is 12.6 Å². The van der Waals surface area contributed by atoms with Gasteiger partial charge in [0.2, 0.25) is 5.91 Å². The van der Waals surface area contributed by atoms with Crippen molar-refractivity contribution in [1.29, 1.82) is 0 Å². The highest BCUT2D eigenvalue weighted by atomic mass is 32.2. The smallest absolute Gasteiger partial charge is 0.235 e. The number of thioether (sulfide) groups is 1. The zero-order valence-electron chi connectivity index (χ0n) is 14.9. The maximum absolute atomic E-state index is 13.2. The van der Waals surface area contributed by atoms with E-state index in [0.29, 0.717) is 17.4 Å². The van der Waals surface area contributed by atoms with Gasteiger partial charge in [-0.25, -0.2) is 0 Å². The fourth-order valence-electron chi connectivity index (χ4n) is 3.86. The lowest BCUT2D eigenvalue weighted by atomic mass is 9.93. The summed E-state index contributed by atoms with van der Waals surface area (Å²) in [5, 5.41) is 7.85. The van der Waals surface area contributed by atoms with Crippen molar-refractivity contribution in [3.8, 4) is 0 Å². The summed E-state index contributed by atoms with van der Waals surface area (Å²) in [5.41, 5.74) is 1.69.